The van der Waals surface area contributed by atoms with Crippen LogP contribution in [0.3, 0.4) is 0 Å². The van der Waals surface area contributed by atoms with Crippen molar-refractivity contribution in [3.8, 4) is 16.3 Å². The summed E-state index contributed by atoms with van der Waals surface area (Å²) in [5.74, 6) is 0.772. The lowest BCUT2D eigenvalue weighted by molar-refractivity contribution is 0.416. The van der Waals surface area contributed by atoms with Gasteiger partial charge in [-0.25, -0.2) is 9.67 Å². The maximum Gasteiger partial charge on any atom is 0.211 e. The smallest absolute Gasteiger partial charge is 0.211 e. The molecule has 0 unspecified atom stereocenters. The standard InChI is InChI=1S/C19H19N3OS2/c1-23-17-10-5-4-9-15(17)20-19-22(21-14-7-2-3-8-14)16(13-25-19)18-11-6-12-24-18/h4-6,9-13H,2-3,7-8H2,1H3. The van der Waals surface area contributed by atoms with Gasteiger partial charge in [0.05, 0.1) is 17.7 Å². The van der Waals surface area contributed by atoms with E-state index in [4.69, 9.17) is 14.8 Å². The van der Waals surface area contributed by atoms with Crippen LogP contribution in [0, 0.1) is 0 Å². The van der Waals surface area contributed by atoms with Crippen molar-refractivity contribution in [2.75, 3.05) is 7.11 Å². The highest BCUT2D eigenvalue weighted by atomic mass is 32.1. The number of benzene rings is 1. The van der Waals surface area contributed by atoms with Gasteiger partial charge in [0.1, 0.15) is 11.4 Å². The summed E-state index contributed by atoms with van der Waals surface area (Å²) in [5, 5.41) is 9.17. The lowest BCUT2D eigenvalue weighted by atomic mass is 10.3. The Morgan fingerprint density at radius 1 is 1.04 bits per heavy atom. The van der Waals surface area contributed by atoms with Crippen LogP contribution in [0.25, 0.3) is 10.6 Å². The molecule has 1 fully saturated rings. The van der Waals surface area contributed by atoms with Crippen molar-refractivity contribution in [3.05, 3.63) is 52.0 Å². The number of para-hydroxylation sites is 2. The molecule has 1 aliphatic carbocycles. The molecule has 0 saturated heterocycles. The second kappa shape index (κ2) is 7.37. The summed E-state index contributed by atoms with van der Waals surface area (Å²) in [6.45, 7) is 0. The molecular formula is C19H19N3OS2. The first kappa shape index (κ1) is 16.3. The lowest BCUT2D eigenvalue weighted by Gasteiger charge is -2.05. The number of rotatable bonds is 4. The second-order valence-corrected chi connectivity index (χ2v) is 7.63. The van der Waals surface area contributed by atoms with Crippen LogP contribution in [0.15, 0.2) is 57.3 Å². The largest absolute Gasteiger partial charge is 0.494 e. The Morgan fingerprint density at radius 2 is 1.88 bits per heavy atom. The SMILES string of the molecule is COc1ccccc1N=c1scc(-c2cccs2)n1N=C1CCCC1. The van der Waals surface area contributed by atoms with Gasteiger partial charge >= 0.3 is 0 Å². The van der Waals surface area contributed by atoms with Crippen LogP contribution >= 0.6 is 22.7 Å². The molecule has 2 aromatic heterocycles. The number of nitrogens with zero attached hydrogens (tertiary/aromatic N) is 3. The zero-order valence-electron chi connectivity index (χ0n) is 14.0. The quantitative estimate of drug-likeness (QED) is 0.615. The van der Waals surface area contributed by atoms with Crippen molar-refractivity contribution < 1.29 is 4.74 Å². The summed E-state index contributed by atoms with van der Waals surface area (Å²) < 4.78 is 7.44. The van der Waals surface area contributed by atoms with Crippen molar-refractivity contribution in [1.82, 2.24) is 4.68 Å². The molecule has 1 saturated carbocycles. The van der Waals surface area contributed by atoms with Crippen LogP contribution in [-0.2, 0) is 0 Å². The van der Waals surface area contributed by atoms with E-state index in [1.54, 1.807) is 29.8 Å². The first-order valence-electron chi connectivity index (χ1n) is 8.34. The van der Waals surface area contributed by atoms with Gasteiger partial charge in [-0.1, -0.05) is 18.2 Å². The van der Waals surface area contributed by atoms with Crippen LogP contribution in [-0.4, -0.2) is 17.5 Å². The highest BCUT2D eigenvalue weighted by Crippen LogP contribution is 2.28. The molecule has 0 atom stereocenters. The highest BCUT2D eigenvalue weighted by molar-refractivity contribution is 7.14. The van der Waals surface area contributed by atoms with Crippen LogP contribution in [0.4, 0.5) is 5.69 Å². The molecule has 6 heteroatoms. The van der Waals surface area contributed by atoms with Crippen LogP contribution in [0.5, 0.6) is 5.75 Å². The molecule has 1 aliphatic rings. The summed E-state index contributed by atoms with van der Waals surface area (Å²) >= 11 is 3.34. The van der Waals surface area contributed by atoms with E-state index in [2.05, 4.69) is 22.9 Å². The van der Waals surface area contributed by atoms with E-state index >= 15 is 0 Å². The predicted molar refractivity (Wildman–Crippen MR) is 105 cm³/mol. The Kier molecular flexibility index (Phi) is 4.81. The molecule has 0 aliphatic heterocycles. The van der Waals surface area contributed by atoms with Crippen molar-refractivity contribution in [3.63, 3.8) is 0 Å². The monoisotopic (exact) mass is 369 g/mol. The maximum absolute atomic E-state index is 5.44. The average Bonchev–Trinajstić information content (AvgIpc) is 3.39. The lowest BCUT2D eigenvalue weighted by Crippen LogP contribution is -2.13. The molecule has 0 amide bonds. The van der Waals surface area contributed by atoms with Gasteiger partial charge in [-0.05, 0) is 49.3 Å². The number of thiophene rings is 1. The summed E-state index contributed by atoms with van der Waals surface area (Å²) in [6, 6.07) is 12.0. The number of ether oxygens (including phenoxy) is 1. The molecule has 0 spiro atoms. The molecule has 4 rings (SSSR count). The summed E-state index contributed by atoms with van der Waals surface area (Å²) in [6.07, 6.45) is 4.63. The number of aromatic nitrogens is 1. The van der Waals surface area contributed by atoms with Gasteiger partial charge in [-0.2, -0.15) is 5.10 Å². The summed E-state index contributed by atoms with van der Waals surface area (Å²) in [7, 11) is 1.67. The van der Waals surface area contributed by atoms with Gasteiger partial charge < -0.3 is 4.74 Å². The summed E-state index contributed by atoms with van der Waals surface area (Å²) in [5.41, 5.74) is 3.19. The minimum absolute atomic E-state index is 0.772. The average molecular weight is 370 g/mol. The molecule has 25 heavy (non-hydrogen) atoms. The van der Waals surface area contributed by atoms with Crippen LogP contribution in [0.1, 0.15) is 25.7 Å². The molecule has 0 radical (unpaired) electrons. The Hall–Kier alpha value is -2.18. The Labute approximate surface area is 154 Å². The van der Waals surface area contributed by atoms with Gasteiger partial charge in [-0.3, -0.25) is 0 Å². The fourth-order valence-electron chi connectivity index (χ4n) is 2.92. The van der Waals surface area contributed by atoms with E-state index in [1.165, 1.54) is 23.4 Å². The molecular weight excluding hydrogens is 350 g/mol. The van der Waals surface area contributed by atoms with Crippen molar-refractivity contribution in [2.24, 2.45) is 10.1 Å². The number of thiazole rings is 1. The van der Waals surface area contributed by atoms with Crippen LogP contribution < -0.4 is 9.54 Å². The summed E-state index contributed by atoms with van der Waals surface area (Å²) in [4.78, 5) is 6.91. The number of hydrogen-bond acceptors (Lipinski definition) is 5. The molecule has 0 bridgehead atoms. The Morgan fingerprint density at radius 3 is 2.64 bits per heavy atom. The molecule has 128 valence electrons. The first-order chi connectivity index (χ1) is 12.3. The van der Waals surface area contributed by atoms with Crippen LogP contribution in [0.2, 0.25) is 0 Å². The fraction of sp³-hybridized carbons (Fsp3) is 0.263. The topological polar surface area (TPSA) is 38.9 Å². The van der Waals surface area contributed by atoms with Crippen molar-refractivity contribution in [2.45, 2.75) is 25.7 Å². The molecule has 3 aromatic rings. The van der Waals surface area contributed by atoms with E-state index in [1.807, 2.05) is 28.9 Å². The van der Waals surface area contributed by atoms with Crippen molar-refractivity contribution in [1.29, 1.82) is 0 Å². The maximum atomic E-state index is 5.44. The van der Waals surface area contributed by atoms with Crippen molar-refractivity contribution >= 4 is 34.1 Å². The third-order valence-corrected chi connectivity index (χ3v) is 5.89. The fourth-order valence-corrected chi connectivity index (χ4v) is 4.55. The third-order valence-electron chi connectivity index (χ3n) is 4.18. The number of methoxy groups -OCH3 is 1. The molecule has 1 aromatic carbocycles. The Balaban J connectivity index is 1.88. The molecule has 2 heterocycles. The molecule has 4 nitrogen and oxygen atoms in total. The zero-order chi connectivity index (χ0) is 17.1. The van der Waals surface area contributed by atoms with Gasteiger partial charge in [0, 0.05) is 11.1 Å². The minimum Gasteiger partial charge on any atom is -0.494 e. The van der Waals surface area contributed by atoms with E-state index in [0.717, 1.165) is 34.8 Å². The third kappa shape index (κ3) is 3.45. The predicted octanol–water partition coefficient (Wildman–Crippen LogP) is 5.30. The second-order valence-electron chi connectivity index (χ2n) is 5.85. The van der Waals surface area contributed by atoms with E-state index < -0.39 is 0 Å². The highest BCUT2D eigenvalue weighted by Gasteiger charge is 2.13. The number of hydrogen-bond donors (Lipinski definition) is 0. The van der Waals surface area contributed by atoms with Gasteiger partial charge in [0.25, 0.3) is 0 Å². The van der Waals surface area contributed by atoms with Gasteiger partial charge in [-0.15, -0.1) is 22.7 Å². The van der Waals surface area contributed by atoms with E-state index in [-0.39, 0.29) is 0 Å². The molecule has 0 N–H and O–H groups in total. The van der Waals surface area contributed by atoms with Gasteiger partial charge in [0.2, 0.25) is 4.80 Å². The van der Waals surface area contributed by atoms with E-state index in [9.17, 15) is 0 Å². The normalized spacial score (nSPS) is 14.9. The van der Waals surface area contributed by atoms with E-state index in [0.29, 0.717) is 0 Å². The minimum atomic E-state index is 0.772. The zero-order valence-corrected chi connectivity index (χ0v) is 15.6. The van der Waals surface area contributed by atoms with Gasteiger partial charge in [0.15, 0.2) is 0 Å². The first-order valence-corrected chi connectivity index (χ1v) is 10.1. The Bertz CT molecular complexity index is 943.